The molecule has 0 bridgehead atoms. The van der Waals surface area contributed by atoms with Gasteiger partial charge >= 0.3 is 0 Å². The summed E-state index contributed by atoms with van der Waals surface area (Å²) in [5.41, 5.74) is 0.981. The Hall–Kier alpha value is -1.39. The molecule has 0 saturated carbocycles. The molecule has 1 unspecified atom stereocenters. The third-order valence-electron chi connectivity index (χ3n) is 2.26. The Bertz CT molecular complexity index is 387. The molecule has 74 valence electrons. The average molecular weight is 193 g/mol. The summed E-state index contributed by atoms with van der Waals surface area (Å²) in [7, 11) is 1.48. The molecule has 0 spiro atoms. The summed E-state index contributed by atoms with van der Waals surface area (Å²) < 4.78 is 0. The minimum absolute atomic E-state index is 0.243. The first-order valence-corrected chi connectivity index (χ1v) is 4.31. The van der Waals surface area contributed by atoms with Gasteiger partial charge in [0, 0.05) is 12.6 Å². The van der Waals surface area contributed by atoms with Gasteiger partial charge in [-0.1, -0.05) is 18.2 Å². The van der Waals surface area contributed by atoms with E-state index in [0.29, 0.717) is 11.1 Å². The van der Waals surface area contributed by atoms with Crippen molar-refractivity contribution in [1.29, 1.82) is 0 Å². The molecule has 1 aliphatic rings. The van der Waals surface area contributed by atoms with Gasteiger partial charge in [-0.2, -0.15) is 0 Å². The lowest BCUT2D eigenvalue weighted by Crippen LogP contribution is -2.43. The number of benzene rings is 1. The van der Waals surface area contributed by atoms with Crippen LogP contribution in [0.1, 0.15) is 22.8 Å². The Labute approximate surface area is 81.7 Å². The number of hydrogen-bond acceptors (Lipinski definition) is 3. The molecule has 1 atom stereocenters. The average Bonchev–Trinajstić information content (AvgIpc) is 2.14. The van der Waals surface area contributed by atoms with E-state index in [1.54, 1.807) is 24.3 Å². The van der Waals surface area contributed by atoms with Crippen LogP contribution in [0.4, 0.5) is 0 Å². The van der Waals surface area contributed by atoms with Crippen LogP contribution in [0.15, 0.2) is 24.3 Å². The number of amides is 1. The lowest BCUT2D eigenvalue weighted by molar-refractivity contribution is -0.305. The molecule has 0 radical (unpaired) electrons. The van der Waals surface area contributed by atoms with Gasteiger partial charge in [-0.15, -0.1) is 0 Å². The van der Waals surface area contributed by atoms with Crippen molar-refractivity contribution in [3.8, 4) is 0 Å². The van der Waals surface area contributed by atoms with E-state index in [-0.39, 0.29) is 5.91 Å². The Kier molecular flexibility index (Phi) is 1.83. The first-order chi connectivity index (χ1) is 6.52. The van der Waals surface area contributed by atoms with E-state index in [9.17, 15) is 9.90 Å². The molecule has 14 heavy (non-hydrogen) atoms. The fraction of sp³-hybridized carbons (Fsp3) is 0.300. The van der Waals surface area contributed by atoms with Gasteiger partial charge in [-0.25, -0.2) is 9.90 Å². The summed E-state index contributed by atoms with van der Waals surface area (Å²) in [6.45, 7) is 1.51. The topological polar surface area (TPSA) is 49.8 Å². The Morgan fingerprint density at radius 1 is 1.43 bits per heavy atom. The maximum Gasteiger partial charge on any atom is 0.277 e. The van der Waals surface area contributed by atoms with Crippen LogP contribution in [0.2, 0.25) is 0 Å². The smallest absolute Gasteiger partial charge is 0.277 e. The highest BCUT2D eigenvalue weighted by Crippen LogP contribution is 2.31. The van der Waals surface area contributed by atoms with Crippen molar-refractivity contribution in [2.45, 2.75) is 12.7 Å². The number of hydroxylamine groups is 2. The highest BCUT2D eigenvalue weighted by atomic mass is 16.8. The van der Waals surface area contributed by atoms with Crippen molar-refractivity contribution in [3.05, 3.63) is 35.4 Å². The Morgan fingerprint density at radius 2 is 2.07 bits per heavy atom. The number of rotatable bonds is 0. The van der Waals surface area contributed by atoms with Gasteiger partial charge in [0.15, 0.2) is 0 Å². The van der Waals surface area contributed by atoms with Gasteiger partial charge in [-0.05, 0) is 13.0 Å². The normalized spacial score (nSPS) is 26.2. The maximum absolute atomic E-state index is 11.6. The molecule has 4 nitrogen and oxygen atoms in total. The predicted octanol–water partition coefficient (Wildman–Crippen LogP) is 0.869. The molecular formula is C10H11NO3. The van der Waals surface area contributed by atoms with Crippen molar-refractivity contribution in [1.82, 2.24) is 5.06 Å². The second kappa shape index (κ2) is 2.80. The highest BCUT2D eigenvalue weighted by Gasteiger charge is 2.37. The molecule has 0 aliphatic carbocycles. The lowest BCUT2D eigenvalue weighted by atomic mass is 9.99. The summed E-state index contributed by atoms with van der Waals surface area (Å²) >= 11 is 0. The van der Waals surface area contributed by atoms with E-state index in [1.165, 1.54) is 14.0 Å². The third-order valence-corrected chi connectivity index (χ3v) is 2.26. The molecule has 1 aromatic carbocycles. The monoisotopic (exact) mass is 193 g/mol. The summed E-state index contributed by atoms with van der Waals surface area (Å²) in [4.78, 5) is 16.6. The van der Waals surface area contributed by atoms with Gasteiger partial charge in [0.25, 0.3) is 5.91 Å². The molecule has 1 N–H and O–H groups in total. The fourth-order valence-corrected chi connectivity index (χ4v) is 1.60. The van der Waals surface area contributed by atoms with Gasteiger partial charge < -0.3 is 5.11 Å². The van der Waals surface area contributed by atoms with Gasteiger partial charge in [-0.3, -0.25) is 4.79 Å². The van der Waals surface area contributed by atoms with Gasteiger partial charge in [0.05, 0.1) is 5.56 Å². The standard InChI is InChI=1S/C10H11NO3/c1-10(13)8-6-4-3-5-7(8)9(12)11(2)14-10/h3-6,13H,1-2H3. The van der Waals surface area contributed by atoms with Crippen LogP contribution in [-0.2, 0) is 10.6 Å². The van der Waals surface area contributed by atoms with E-state index >= 15 is 0 Å². The van der Waals surface area contributed by atoms with Gasteiger partial charge in [0.2, 0.25) is 5.79 Å². The fourth-order valence-electron chi connectivity index (χ4n) is 1.60. The number of carbonyl (C=O) groups is 1. The van der Waals surface area contributed by atoms with Crippen molar-refractivity contribution < 1.29 is 14.7 Å². The molecule has 0 aromatic heterocycles. The maximum atomic E-state index is 11.6. The van der Waals surface area contributed by atoms with Crippen LogP contribution in [0.3, 0.4) is 0 Å². The van der Waals surface area contributed by atoms with Crippen LogP contribution in [0, 0.1) is 0 Å². The molecule has 2 rings (SSSR count). The van der Waals surface area contributed by atoms with Crippen LogP contribution in [0.25, 0.3) is 0 Å². The lowest BCUT2D eigenvalue weighted by Gasteiger charge is -2.35. The highest BCUT2D eigenvalue weighted by molar-refractivity contribution is 5.95. The van der Waals surface area contributed by atoms with Crippen molar-refractivity contribution >= 4 is 5.91 Å². The zero-order valence-corrected chi connectivity index (χ0v) is 8.02. The zero-order chi connectivity index (χ0) is 10.3. The SMILES string of the molecule is CN1OC(C)(O)c2ccccc2C1=O. The third kappa shape index (κ3) is 1.20. The van der Waals surface area contributed by atoms with E-state index in [4.69, 9.17) is 4.84 Å². The predicted molar refractivity (Wildman–Crippen MR) is 49.2 cm³/mol. The Balaban J connectivity index is 2.62. The number of aliphatic hydroxyl groups is 1. The first-order valence-electron chi connectivity index (χ1n) is 4.31. The molecular weight excluding hydrogens is 182 g/mol. The molecule has 0 fully saturated rings. The summed E-state index contributed by atoms with van der Waals surface area (Å²) in [6, 6.07) is 6.87. The van der Waals surface area contributed by atoms with Crippen LogP contribution >= 0.6 is 0 Å². The Morgan fingerprint density at radius 3 is 2.79 bits per heavy atom. The van der Waals surface area contributed by atoms with E-state index in [2.05, 4.69) is 0 Å². The first kappa shape index (κ1) is 9.18. The van der Waals surface area contributed by atoms with Crippen molar-refractivity contribution in [2.75, 3.05) is 7.05 Å². The van der Waals surface area contributed by atoms with Crippen molar-refractivity contribution in [3.63, 3.8) is 0 Å². The van der Waals surface area contributed by atoms with Crippen molar-refractivity contribution in [2.24, 2.45) is 0 Å². The summed E-state index contributed by atoms with van der Waals surface area (Å²) in [6.07, 6.45) is 0. The van der Waals surface area contributed by atoms with E-state index in [0.717, 1.165) is 5.06 Å². The molecule has 1 heterocycles. The quantitative estimate of drug-likeness (QED) is 0.665. The number of hydrogen-bond donors (Lipinski definition) is 1. The number of carbonyl (C=O) groups excluding carboxylic acids is 1. The minimum Gasteiger partial charge on any atom is -0.360 e. The molecule has 1 aromatic rings. The summed E-state index contributed by atoms with van der Waals surface area (Å²) in [5.74, 6) is -1.67. The zero-order valence-electron chi connectivity index (χ0n) is 8.02. The molecule has 0 saturated heterocycles. The molecule has 4 heteroatoms. The second-order valence-electron chi connectivity index (χ2n) is 3.42. The van der Waals surface area contributed by atoms with Crippen LogP contribution in [0.5, 0.6) is 0 Å². The van der Waals surface area contributed by atoms with Crippen LogP contribution in [-0.4, -0.2) is 23.1 Å². The number of nitrogens with zero attached hydrogens (tertiary/aromatic N) is 1. The number of fused-ring (bicyclic) bond motifs is 1. The largest absolute Gasteiger partial charge is 0.360 e. The van der Waals surface area contributed by atoms with Crippen LogP contribution < -0.4 is 0 Å². The van der Waals surface area contributed by atoms with E-state index in [1.807, 2.05) is 0 Å². The second-order valence-corrected chi connectivity index (χ2v) is 3.42. The molecule has 1 aliphatic heterocycles. The summed E-state index contributed by atoms with van der Waals surface area (Å²) in [5, 5.41) is 10.9. The van der Waals surface area contributed by atoms with E-state index < -0.39 is 5.79 Å². The molecule has 1 amide bonds. The van der Waals surface area contributed by atoms with Gasteiger partial charge in [0.1, 0.15) is 0 Å². The minimum atomic E-state index is -1.43.